The molecule has 0 heterocycles. The molecule has 0 aromatic heterocycles. The molecule has 3 rings (SSSR count). The molecule has 0 saturated heterocycles. The first kappa shape index (κ1) is 14.2. The van der Waals surface area contributed by atoms with Gasteiger partial charge in [0.05, 0.1) is 6.61 Å². The molecular formula is C20H24O. The van der Waals surface area contributed by atoms with Crippen LogP contribution in [0, 0.1) is 0 Å². The van der Waals surface area contributed by atoms with E-state index in [2.05, 4.69) is 54.6 Å². The summed E-state index contributed by atoms with van der Waals surface area (Å²) in [6.45, 7) is 2.76. The third-order valence-corrected chi connectivity index (χ3v) is 4.66. The minimum absolute atomic E-state index is 0.723. The first-order valence-electron chi connectivity index (χ1n) is 8.14. The topological polar surface area (TPSA) is 9.23 Å². The van der Waals surface area contributed by atoms with Gasteiger partial charge >= 0.3 is 0 Å². The summed E-state index contributed by atoms with van der Waals surface area (Å²) in [5, 5.41) is 0. The molecular weight excluding hydrogens is 256 g/mol. The molecule has 1 saturated carbocycles. The average Bonchev–Trinajstić information content (AvgIpc) is 2.57. The molecule has 1 aliphatic rings. The van der Waals surface area contributed by atoms with Crippen molar-refractivity contribution in [1.29, 1.82) is 0 Å². The molecule has 0 unspecified atom stereocenters. The highest BCUT2D eigenvalue weighted by Crippen LogP contribution is 2.40. The van der Waals surface area contributed by atoms with Gasteiger partial charge in [0, 0.05) is 0 Å². The number of hydrogen-bond acceptors (Lipinski definition) is 1. The first-order chi connectivity index (χ1) is 10.4. The van der Waals surface area contributed by atoms with E-state index in [9.17, 15) is 0 Å². The summed E-state index contributed by atoms with van der Waals surface area (Å²) >= 11 is 0. The van der Waals surface area contributed by atoms with Gasteiger partial charge in [0.1, 0.15) is 5.75 Å². The van der Waals surface area contributed by atoms with Crippen LogP contribution in [0.1, 0.15) is 55.6 Å². The zero-order chi connectivity index (χ0) is 14.5. The molecule has 2 aromatic rings. The van der Waals surface area contributed by atoms with E-state index in [0.717, 1.165) is 24.2 Å². The van der Waals surface area contributed by atoms with E-state index in [1.165, 1.54) is 36.8 Å². The lowest BCUT2D eigenvalue weighted by Crippen LogP contribution is -2.12. The normalized spacial score (nSPS) is 22.0. The van der Waals surface area contributed by atoms with Crippen molar-refractivity contribution in [3.8, 4) is 5.75 Å². The average molecular weight is 280 g/mol. The van der Waals surface area contributed by atoms with Crippen molar-refractivity contribution >= 4 is 0 Å². The van der Waals surface area contributed by atoms with Crippen LogP contribution in [0.3, 0.4) is 0 Å². The molecule has 0 N–H and O–H groups in total. The summed E-state index contributed by atoms with van der Waals surface area (Å²) in [4.78, 5) is 0. The Morgan fingerprint density at radius 1 is 0.762 bits per heavy atom. The van der Waals surface area contributed by atoms with Gasteiger partial charge < -0.3 is 4.74 Å². The fraction of sp³-hybridized carbons (Fsp3) is 0.400. The molecule has 1 fully saturated rings. The highest BCUT2D eigenvalue weighted by Gasteiger charge is 2.23. The van der Waals surface area contributed by atoms with Crippen LogP contribution in [0.4, 0.5) is 0 Å². The highest BCUT2D eigenvalue weighted by molar-refractivity contribution is 5.30. The third kappa shape index (κ3) is 3.47. The van der Waals surface area contributed by atoms with E-state index in [4.69, 9.17) is 4.74 Å². The maximum atomic E-state index is 5.52. The molecule has 0 bridgehead atoms. The van der Waals surface area contributed by atoms with E-state index < -0.39 is 0 Å². The molecule has 21 heavy (non-hydrogen) atoms. The van der Waals surface area contributed by atoms with Crippen molar-refractivity contribution in [2.75, 3.05) is 6.61 Å². The Morgan fingerprint density at radius 2 is 1.29 bits per heavy atom. The van der Waals surface area contributed by atoms with Gasteiger partial charge in [-0.3, -0.25) is 0 Å². The molecule has 0 amide bonds. The zero-order valence-corrected chi connectivity index (χ0v) is 12.8. The van der Waals surface area contributed by atoms with Gasteiger partial charge in [-0.1, -0.05) is 42.5 Å². The molecule has 110 valence electrons. The minimum atomic E-state index is 0.723. The van der Waals surface area contributed by atoms with Crippen molar-refractivity contribution in [3.63, 3.8) is 0 Å². The molecule has 0 aliphatic heterocycles. The second-order valence-corrected chi connectivity index (χ2v) is 5.96. The van der Waals surface area contributed by atoms with Crippen LogP contribution in [0.15, 0.2) is 54.6 Å². The minimum Gasteiger partial charge on any atom is -0.494 e. The van der Waals surface area contributed by atoms with Gasteiger partial charge in [-0.05, 0) is 67.7 Å². The number of hydrogen-bond donors (Lipinski definition) is 0. The number of ether oxygens (including phenoxy) is 1. The standard InChI is InChI=1S/C20H24O/c1-2-21-20-14-12-19(13-15-20)18-10-8-17(9-11-18)16-6-4-3-5-7-16/h3-7,12-15,17-18H,2,8-11H2,1H3. The monoisotopic (exact) mass is 280 g/mol. The molecule has 0 spiro atoms. The maximum absolute atomic E-state index is 5.52. The van der Waals surface area contributed by atoms with Gasteiger partial charge in [-0.15, -0.1) is 0 Å². The second-order valence-electron chi connectivity index (χ2n) is 5.96. The van der Waals surface area contributed by atoms with Crippen LogP contribution in [0.2, 0.25) is 0 Å². The number of rotatable bonds is 4. The van der Waals surface area contributed by atoms with E-state index >= 15 is 0 Å². The summed E-state index contributed by atoms with van der Waals surface area (Å²) in [6, 6.07) is 19.7. The summed E-state index contributed by atoms with van der Waals surface area (Å²) in [6.07, 6.45) is 5.21. The molecule has 1 nitrogen and oxygen atoms in total. The molecule has 0 radical (unpaired) electrons. The third-order valence-electron chi connectivity index (χ3n) is 4.66. The Morgan fingerprint density at radius 3 is 1.81 bits per heavy atom. The van der Waals surface area contributed by atoms with Gasteiger partial charge in [-0.25, -0.2) is 0 Å². The molecule has 1 heteroatoms. The van der Waals surface area contributed by atoms with Gasteiger partial charge in [0.15, 0.2) is 0 Å². The van der Waals surface area contributed by atoms with Crippen LogP contribution in [0.5, 0.6) is 5.75 Å². The Labute approximate surface area is 128 Å². The predicted molar refractivity (Wildman–Crippen MR) is 88.0 cm³/mol. The predicted octanol–water partition coefficient (Wildman–Crippen LogP) is 5.53. The largest absolute Gasteiger partial charge is 0.494 e. The highest BCUT2D eigenvalue weighted by atomic mass is 16.5. The van der Waals surface area contributed by atoms with Crippen molar-refractivity contribution < 1.29 is 4.74 Å². The van der Waals surface area contributed by atoms with Crippen LogP contribution in [-0.2, 0) is 0 Å². The molecule has 1 aliphatic carbocycles. The summed E-state index contributed by atoms with van der Waals surface area (Å²) in [5.41, 5.74) is 2.99. The van der Waals surface area contributed by atoms with Crippen molar-refractivity contribution in [3.05, 3.63) is 65.7 Å². The van der Waals surface area contributed by atoms with Crippen molar-refractivity contribution in [2.45, 2.75) is 44.4 Å². The summed E-state index contributed by atoms with van der Waals surface area (Å²) in [5.74, 6) is 2.46. The zero-order valence-electron chi connectivity index (χ0n) is 12.8. The SMILES string of the molecule is CCOc1ccc(C2CCC(c3ccccc3)CC2)cc1. The summed E-state index contributed by atoms with van der Waals surface area (Å²) in [7, 11) is 0. The second kappa shape index (κ2) is 6.80. The molecule has 0 atom stereocenters. The fourth-order valence-corrected chi connectivity index (χ4v) is 3.49. The van der Waals surface area contributed by atoms with Crippen LogP contribution >= 0.6 is 0 Å². The summed E-state index contributed by atoms with van der Waals surface area (Å²) < 4.78 is 5.52. The van der Waals surface area contributed by atoms with E-state index in [0.29, 0.717) is 0 Å². The Hall–Kier alpha value is -1.76. The lowest BCUT2D eigenvalue weighted by molar-refractivity contribution is 0.339. The number of benzene rings is 2. The maximum Gasteiger partial charge on any atom is 0.119 e. The van der Waals surface area contributed by atoms with Gasteiger partial charge in [0.25, 0.3) is 0 Å². The van der Waals surface area contributed by atoms with E-state index in [1.54, 1.807) is 0 Å². The fourth-order valence-electron chi connectivity index (χ4n) is 3.49. The van der Waals surface area contributed by atoms with Crippen molar-refractivity contribution in [2.24, 2.45) is 0 Å². The smallest absolute Gasteiger partial charge is 0.119 e. The van der Waals surface area contributed by atoms with Gasteiger partial charge in [0.2, 0.25) is 0 Å². The van der Waals surface area contributed by atoms with Crippen LogP contribution in [-0.4, -0.2) is 6.61 Å². The van der Waals surface area contributed by atoms with E-state index in [-0.39, 0.29) is 0 Å². The first-order valence-corrected chi connectivity index (χ1v) is 8.14. The van der Waals surface area contributed by atoms with Crippen molar-refractivity contribution in [1.82, 2.24) is 0 Å². The van der Waals surface area contributed by atoms with Crippen LogP contribution < -0.4 is 4.74 Å². The lowest BCUT2D eigenvalue weighted by atomic mass is 9.76. The Bertz CT molecular complexity index is 536. The van der Waals surface area contributed by atoms with Gasteiger partial charge in [-0.2, -0.15) is 0 Å². The quantitative estimate of drug-likeness (QED) is 0.715. The molecule has 2 aromatic carbocycles. The lowest BCUT2D eigenvalue weighted by Gasteiger charge is -2.29. The van der Waals surface area contributed by atoms with Crippen LogP contribution in [0.25, 0.3) is 0 Å². The Balaban J connectivity index is 1.60. The van der Waals surface area contributed by atoms with E-state index in [1.807, 2.05) is 6.92 Å². The Kier molecular flexibility index (Phi) is 4.59.